The van der Waals surface area contributed by atoms with Crippen LogP contribution in [0.3, 0.4) is 0 Å². The number of nitrogens with one attached hydrogen (secondary N) is 1. The van der Waals surface area contributed by atoms with Gasteiger partial charge in [-0.2, -0.15) is 0 Å². The lowest BCUT2D eigenvalue weighted by molar-refractivity contribution is 0.0169. The van der Waals surface area contributed by atoms with Crippen molar-refractivity contribution in [3.63, 3.8) is 0 Å². The van der Waals surface area contributed by atoms with Crippen LogP contribution in [0.2, 0.25) is 5.02 Å². The van der Waals surface area contributed by atoms with Crippen LogP contribution in [0.1, 0.15) is 45.0 Å². The number of fused-ring (bicyclic) bond motifs is 2. The standard InChI is InChI=1S/C25H24ClFN4O5/c26-18-7-3-5-15(20(18)27)11-28-24(34)17-13-30-14-19-29(12-16-6-4-10-36-16)8-1-2-9-31(19)25(35)21(30)23(33)22(17)32/h3-7,10,13,19,33H,1-2,8-9,11-12,14H2,(H,28,34). The third kappa shape index (κ3) is 4.38. The summed E-state index contributed by atoms with van der Waals surface area (Å²) in [5.41, 5.74) is -1.30. The van der Waals surface area contributed by atoms with E-state index in [1.807, 2.05) is 6.07 Å². The van der Waals surface area contributed by atoms with Crippen molar-refractivity contribution in [1.82, 2.24) is 19.7 Å². The van der Waals surface area contributed by atoms with Gasteiger partial charge in [-0.25, -0.2) is 4.39 Å². The molecule has 3 aromatic rings. The molecule has 11 heteroatoms. The molecule has 1 atom stereocenters. The first-order valence-corrected chi connectivity index (χ1v) is 12.0. The van der Waals surface area contributed by atoms with Gasteiger partial charge in [0.05, 0.1) is 24.4 Å². The second-order valence-electron chi connectivity index (χ2n) is 8.85. The van der Waals surface area contributed by atoms with Gasteiger partial charge in [-0.15, -0.1) is 0 Å². The van der Waals surface area contributed by atoms with E-state index in [4.69, 9.17) is 16.0 Å². The van der Waals surface area contributed by atoms with E-state index in [0.29, 0.717) is 13.1 Å². The summed E-state index contributed by atoms with van der Waals surface area (Å²) < 4.78 is 21.1. The van der Waals surface area contributed by atoms with Crippen molar-refractivity contribution in [2.45, 2.75) is 38.6 Å². The highest BCUT2D eigenvalue weighted by Crippen LogP contribution is 2.28. The number of halogens is 2. The molecule has 36 heavy (non-hydrogen) atoms. The maximum Gasteiger partial charge on any atom is 0.275 e. The molecule has 9 nitrogen and oxygen atoms in total. The van der Waals surface area contributed by atoms with Gasteiger partial charge < -0.3 is 24.3 Å². The van der Waals surface area contributed by atoms with Crippen LogP contribution in [0.4, 0.5) is 4.39 Å². The smallest absolute Gasteiger partial charge is 0.275 e. The Bertz CT molecular complexity index is 1370. The summed E-state index contributed by atoms with van der Waals surface area (Å²) in [5.74, 6) is -1.96. The van der Waals surface area contributed by atoms with Gasteiger partial charge in [-0.3, -0.25) is 19.3 Å². The van der Waals surface area contributed by atoms with Gasteiger partial charge in [-0.05, 0) is 31.0 Å². The summed E-state index contributed by atoms with van der Waals surface area (Å²) in [7, 11) is 0. The second-order valence-corrected chi connectivity index (χ2v) is 9.26. The predicted octanol–water partition coefficient (Wildman–Crippen LogP) is 2.95. The largest absolute Gasteiger partial charge is 0.503 e. The molecule has 2 aromatic heterocycles. The quantitative estimate of drug-likeness (QED) is 0.542. The summed E-state index contributed by atoms with van der Waals surface area (Å²) in [4.78, 5) is 42.9. The van der Waals surface area contributed by atoms with E-state index < -0.39 is 28.8 Å². The van der Waals surface area contributed by atoms with E-state index in [1.165, 1.54) is 22.9 Å². The summed E-state index contributed by atoms with van der Waals surface area (Å²) in [6.07, 6.45) is 4.18. The Balaban J connectivity index is 1.44. The Morgan fingerprint density at radius 1 is 1.19 bits per heavy atom. The number of rotatable bonds is 5. The SMILES string of the molecule is O=C(NCc1cccc(Cl)c1F)c1cn2c(c(O)c1=O)C(=O)N1CCCCN(Cc3ccco3)C1C2. The van der Waals surface area contributed by atoms with Gasteiger partial charge in [0.15, 0.2) is 11.4 Å². The van der Waals surface area contributed by atoms with E-state index in [2.05, 4.69) is 10.2 Å². The lowest BCUT2D eigenvalue weighted by Crippen LogP contribution is -2.56. The molecule has 188 valence electrons. The molecule has 2 aliphatic heterocycles. The van der Waals surface area contributed by atoms with Crippen molar-refractivity contribution in [2.75, 3.05) is 13.1 Å². The van der Waals surface area contributed by atoms with Gasteiger partial charge in [0.2, 0.25) is 5.43 Å². The average Bonchev–Trinajstić information content (AvgIpc) is 3.29. The maximum absolute atomic E-state index is 14.2. The van der Waals surface area contributed by atoms with Crippen LogP contribution >= 0.6 is 11.6 Å². The van der Waals surface area contributed by atoms with Crippen molar-refractivity contribution >= 4 is 23.4 Å². The van der Waals surface area contributed by atoms with Gasteiger partial charge >= 0.3 is 0 Å². The fraction of sp³-hybridized carbons (Fsp3) is 0.320. The zero-order valence-electron chi connectivity index (χ0n) is 19.2. The number of nitrogens with zero attached hydrogens (tertiary/aromatic N) is 3. The maximum atomic E-state index is 14.2. The number of carbonyl (C=O) groups excluding carboxylic acids is 2. The second kappa shape index (κ2) is 9.79. The summed E-state index contributed by atoms with van der Waals surface area (Å²) in [5, 5.41) is 13.1. The van der Waals surface area contributed by atoms with Crippen LogP contribution in [0.5, 0.6) is 5.75 Å². The fourth-order valence-corrected chi connectivity index (χ4v) is 4.97. The molecule has 0 radical (unpaired) electrons. The fourth-order valence-electron chi connectivity index (χ4n) is 4.78. The molecular weight excluding hydrogens is 491 g/mol. The molecule has 4 heterocycles. The zero-order valence-corrected chi connectivity index (χ0v) is 20.0. The van der Waals surface area contributed by atoms with E-state index in [-0.39, 0.29) is 41.1 Å². The Morgan fingerprint density at radius 2 is 2.00 bits per heavy atom. The van der Waals surface area contributed by atoms with E-state index in [9.17, 15) is 23.9 Å². The number of furan rings is 1. The molecule has 5 rings (SSSR count). The zero-order chi connectivity index (χ0) is 25.4. The predicted molar refractivity (Wildman–Crippen MR) is 128 cm³/mol. The third-order valence-corrected chi connectivity index (χ3v) is 6.90. The van der Waals surface area contributed by atoms with E-state index in [1.54, 1.807) is 23.3 Å². The number of hydrogen-bond donors (Lipinski definition) is 2. The number of aromatic nitrogens is 1. The number of pyridine rings is 1. The van der Waals surface area contributed by atoms with Gasteiger partial charge in [0.1, 0.15) is 23.3 Å². The van der Waals surface area contributed by atoms with E-state index in [0.717, 1.165) is 25.1 Å². The number of amides is 2. The van der Waals surface area contributed by atoms with Gasteiger partial charge in [0.25, 0.3) is 11.8 Å². The first-order valence-electron chi connectivity index (χ1n) is 11.6. The van der Waals surface area contributed by atoms with Crippen LogP contribution in [-0.2, 0) is 19.6 Å². The molecule has 2 aliphatic rings. The van der Waals surface area contributed by atoms with Crippen molar-refractivity contribution in [3.05, 3.63) is 86.4 Å². The Hall–Kier alpha value is -3.63. The van der Waals surface area contributed by atoms with Gasteiger partial charge in [-0.1, -0.05) is 23.7 Å². The summed E-state index contributed by atoms with van der Waals surface area (Å²) in [6.45, 7) is 1.74. The van der Waals surface area contributed by atoms with Crippen molar-refractivity contribution in [3.8, 4) is 5.75 Å². The summed E-state index contributed by atoms with van der Waals surface area (Å²) >= 11 is 5.79. The van der Waals surface area contributed by atoms with Crippen LogP contribution in [0.25, 0.3) is 0 Å². The first-order chi connectivity index (χ1) is 17.3. The Kier molecular flexibility index (Phi) is 6.55. The van der Waals surface area contributed by atoms with Crippen LogP contribution in [-0.4, -0.2) is 50.5 Å². The molecule has 1 fully saturated rings. The minimum atomic E-state index is -0.959. The monoisotopic (exact) mass is 514 g/mol. The Morgan fingerprint density at radius 3 is 2.78 bits per heavy atom. The van der Waals surface area contributed by atoms with Crippen LogP contribution in [0, 0.1) is 5.82 Å². The molecule has 1 aromatic carbocycles. The summed E-state index contributed by atoms with van der Waals surface area (Å²) in [6, 6.07) is 8.06. The molecule has 2 N–H and O–H groups in total. The van der Waals surface area contributed by atoms with Crippen LogP contribution < -0.4 is 10.7 Å². The molecule has 0 saturated carbocycles. The number of carbonyl (C=O) groups is 2. The van der Waals surface area contributed by atoms with Crippen molar-refractivity contribution in [1.29, 1.82) is 0 Å². The molecular formula is C25H24ClFN4O5. The lowest BCUT2D eigenvalue weighted by atomic mass is 10.1. The topological polar surface area (TPSA) is 108 Å². The molecule has 0 spiro atoms. The molecule has 1 unspecified atom stereocenters. The molecule has 2 amide bonds. The lowest BCUT2D eigenvalue weighted by Gasteiger charge is -2.41. The van der Waals surface area contributed by atoms with Gasteiger partial charge in [0, 0.05) is 31.4 Å². The van der Waals surface area contributed by atoms with Crippen molar-refractivity contribution in [2.24, 2.45) is 0 Å². The molecule has 0 aliphatic carbocycles. The molecule has 1 saturated heterocycles. The minimum Gasteiger partial charge on any atom is -0.503 e. The highest BCUT2D eigenvalue weighted by molar-refractivity contribution is 6.30. The number of hydrogen-bond acceptors (Lipinski definition) is 6. The number of aromatic hydroxyl groups is 1. The normalized spacial score (nSPS) is 17.9. The minimum absolute atomic E-state index is 0.0844. The third-order valence-electron chi connectivity index (χ3n) is 6.61. The van der Waals surface area contributed by atoms with Crippen LogP contribution in [0.15, 0.2) is 52.0 Å². The first kappa shape index (κ1) is 24.1. The highest BCUT2D eigenvalue weighted by Gasteiger charge is 2.40. The van der Waals surface area contributed by atoms with E-state index >= 15 is 0 Å². The molecule has 0 bridgehead atoms. The number of benzene rings is 1. The Labute approximate surface area is 210 Å². The average molecular weight is 515 g/mol. The highest BCUT2D eigenvalue weighted by atomic mass is 35.5. The van der Waals surface area contributed by atoms with Crippen molar-refractivity contribution < 1.29 is 23.5 Å².